The van der Waals surface area contributed by atoms with Crippen LogP contribution in [0.15, 0.2) is 49.2 Å². The number of rotatable bonds is 3. The van der Waals surface area contributed by atoms with Crippen LogP contribution in [0.5, 0.6) is 0 Å². The zero-order chi connectivity index (χ0) is 12.4. The van der Waals surface area contributed by atoms with E-state index in [-0.39, 0.29) is 0 Å². The van der Waals surface area contributed by atoms with Crippen LogP contribution in [0.1, 0.15) is 11.6 Å². The van der Waals surface area contributed by atoms with E-state index in [4.69, 9.17) is 0 Å². The summed E-state index contributed by atoms with van der Waals surface area (Å²) in [4.78, 5) is 23.6. The molecule has 0 saturated carbocycles. The zero-order valence-electron chi connectivity index (χ0n) is 9.47. The summed E-state index contributed by atoms with van der Waals surface area (Å²) in [7, 11) is 0. The van der Waals surface area contributed by atoms with Gasteiger partial charge in [-0.3, -0.25) is 0 Å². The first-order valence-electron chi connectivity index (χ1n) is 5.53. The lowest BCUT2D eigenvalue weighted by molar-refractivity contribution is -0.109. The van der Waals surface area contributed by atoms with E-state index in [0.717, 1.165) is 11.8 Å². The molecule has 2 heterocycles. The fraction of sp³-hybridized carbons (Fsp3) is 0.0769. The molecule has 2 aromatic heterocycles. The van der Waals surface area contributed by atoms with E-state index in [1.54, 1.807) is 17.1 Å². The SMILES string of the molecule is O=CC(c1ccccc1)n1cnc2cncnc21. The van der Waals surface area contributed by atoms with Crippen molar-refractivity contribution in [3.8, 4) is 0 Å². The predicted octanol–water partition coefficient (Wildman–Crippen LogP) is 1.61. The maximum atomic E-state index is 11.4. The number of fused-ring (bicyclic) bond motifs is 1. The molecule has 88 valence electrons. The van der Waals surface area contributed by atoms with Crippen LogP contribution in [0, 0.1) is 0 Å². The van der Waals surface area contributed by atoms with Gasteiger partial charge in [0, 0.05) is 0 Å². The van der Waals surface area contributed by atoms with Crippen LogP contribution >= 0.6 is 0 Å². The third kappa shape index (κ3) is 1.66. The maximum Gasteiger partial charge on any atom is 0.164 e. The van der Waals surface area contributed by atoms with Crippen LogP contribution in [-0.4, -0.2) is 25.8 Å². The number of aromatic nitrogens is 4. The summed E-state index contributed by atoms with van der Waals surface area (Å²) >= 11 is 0. The summed E-state index contributed by atoms with van der Waals surface area (Å²) in [5.74, 6) is 0. The number of hydrogen-bond acceptors (Lipinski definition) is 4. The second kappa shape index (κ2) is 4.37. The van der Waals surface area contributed by atoms with E-state index in [1.807, 2.05) is 30.3 Å². The largest absolute Gasteiger partial charge is 0.301 e. The molecule has 3 aromatic rings. The van der Waals surface area contributed by atoms with Gasteiger partial charge in [0.25, 0.3) is 0 Å². The van der Waals surface area contributed by atoms with Crippen LogP contribution in [0.4, 0.5) is 0 Å². The summed E-state index contributed by atoms with van der Waals surface area (Å²) in [5.41, 5.74) is 2.25. The van der Waals surface area contributed by atoms with Crippen molar-refractivity contribution in [2.75, 3.05) is 0 Å². The molecule has 0 spiro atoms. The van der Waals surface area contributed by atoms with Crippen molar-refractivity contribution in [3.05, 3.63) is 54.7 Å². The maximum absolute atomic E-state index is 11.4. The van der Waals surface area contributed by atoms with Crippen molar-refractivity contribution in [2.45, 2.75) is 6.04 Å². The Labute approximate surface area is 103 Å². The molecule has 0 radical (unpaired) electrons. The highest BCUT2D eigenvalue weighted by atomic mass is 16.1. The Morgan fingerprint density at radius 3 is 2.78 bits per heavy atom. The molecule has 0 bridgehead atoms. The highest BCUT2D eigenvalue weighted by Gasteiger charge is 2.15. The minimum absolute atomic E-state index is 0.411. The summed E-state index contributed by atoms with van der Waals surface area (Å²) in [6.45, 7) is 0. The van der Waals surface area contributed by atoms with Crippen molar-refractivity contribution < 1.29 is 4.79 Å². The predicted molar refractivity (Wildman–Crippen MR) is 66.0 cm³/mol. The molecule has 0 aliphatic heterocycles. The Bertz CT molecular complexity index is 678. The number of carbonyl (C=O) groups is 1. The fourth-order valence-electron chi connectivity index (χ4n) is 1.94. The molecule has 0 N–H and O–H groups in total. The van der Waals surface area contributed by atoms with Gasteiger partial charge < -0.3 is 9.36 Å². The zero-order valence-corrected chi connectivity index (χ0v) is 9.47. The summed E-state index contributed by atoms with van der Waals surface area (Å²) in [6, 6.07) is 9.13. The lowest BCUT2D eigenvalue weighted by Gasteiger charge is -2.12. The smallest absolute Gasteiger partial charge is 0.164 e. The van der Waals surface area contributed by atoms with Crippen molar-refractivity contribution in [1.29, 1.82) is 0 Å². The van der Waals surface area contributed by atoms with E-state index in [2.05, 4.69) is 15.0 Å². The average molecular weight is 238 g/mol. The molecule has 1 unspecified atom stereocenters. The fourth-order valence-corrected chi connectivity index (χ4v) is 1.94. The van der Waals surface area contributed by atoms with Gasteiger partial charge in [-0.2, -0.15) is 0 Å². The molecular formula is C13H10N4O. The molecule has 0 fully saturated rings. The van der Waals surface area contributed by atoms with Gasteiger partial charge in [-0.15, -0.1) is 0 Å². The minimum Gasteiger partial charge on any atom is -0.301 e. The van der Waals surface area contributed by atoms with Gasteiger partial charge in [0.05, 0.1) is 12.5 Å². The van der Waals surface area contributed by atoms with Gasteiger partial charge in [-0.05, 0) is 5.56 Å². The number of carbonyl (C=O) groups excluding carboxylic acids is 1. The molecular weight excluding hydrogens is 228 g/mol. The van der Waals surface area contributed by atoms with Crippen LogP contribution in [0.3, 0.4) is 0 Å². The van der Waals surface area contributed by atoms with Crippen LogP contribution in [-0.2, 0) is 4.79 Å². The summed E-state index contributed by atoms with van der Waals surface area (Å²) in [6.07, 6.45) is 5.59. The molecule has 1 atom stereocenters. The van der Waals surface area contributed by atoms with Crippen molar-refractivity contribution in [2.24, 2.45) is 0 Å². The number of nitrogens with zero attached hydrogens (tertiary/aromatic N) is 4. The van der Waals surface area contributed by atoms with Gasteiger partial charge in [-0.1, -0.05) is 30.3 Å². The molecule has 3 rings (SSSR count). The Morgan fingerprint density at radius 2 is 2.00 bits per heavy atom. The summed E-state index contributed by atoms with van der Waals surface area (Å²) in [5, 5.41) is 0. The van der Waals surface area contributed by atoms with Gasteiger partial charge in [0.15, 0.2) is 5.65 Å². The van der Waals surface area contributed by atoms with Gasteiger partial charge in [0.1, 0.15) is 24.2 Å². The van der Waals surface area contributed by atoms with Gasteiger partial charge in [0.2, 0.25) is 0 Å². The van der Waals surface area contributed by atoms with Gasteiger partial charge in [-0.25, -0.2) is 15.0 Å². The second-order valence-electron chi connectivity index (χ2n) is 3.88. The Morgan fingerprint density at radius 1 is 1.17 bits per heavy atom. The lowest BCUT2D eigenvalue weighted by atomic mass is 10.1. The number of benzene rings is 1. The minimum atomic E-state index is -0.411. The molecule has 0 aliphatic carbocycles. The second-order valence-corrected chi connectivity index (χ2v) is 3.88. The molecule has 0 amide bonds. The van der Waals surface area contributed by atoms with E-state index < -0.39 is 6.04 Å². The normalized spacial score (nSPS) is 12.4. The first-order chi connectivity index (χ1) is 8.90. The summed E-state index contributed by atoms with van der Waals surface area (Å²) < 4.78 is 1.75. The molecule has 0 aliphatic rings. The first-order valence-corrected chi connectivity index (χ1v) is 5.53. The number of hydrogen-bond donors (Lipinski definition) is 0. The molecule has 1 aromatic carbocycles. The number of aldehydes is 1. The number of imidazole rings is 1. The van der Waals surface area contributed by atoms with E-state index in [0.29, 0.717) is 11.2 Å². The average Bonchev–Trinajstić information content (AvgIpc) is 2.85. The topological polar surface area (TPSA) is 60.7 Å². The Balaban J connectivity index is 2.15. The van der Waals surface area contributed by atoms with E-state index >= 15 is 0 Å². The Kier molecular flexibility index (Phi) is 2.57. The molecule has 18 heavy (non-hydrogen) atoms. The van der Waals surface area contributed by atoms with E-state index in [1.165, 1.54) is 6.33 Å². The highest BCUT2D eigenvalue weighted by molar-refractivity contribution is 5.73. The quantitative estimate of drug-likeness (QED) is 0.650. The third-order valence-corrected chi connectivity index (χ3v) is 2.81. The highest BCUT2D eigenvalue weighted by Crippen LogP contribution is 2.20. The third-order valence-electron chi connectivity index (χ3n) is 2.81. The molecule has 5 nitrogen and oxygen atoms in total. The lowest BCUT2D eigenvalue weighted by Crippen LogP contribution is -2.11. The van der Waals surface area contributed by atoms with Gasteiger partial charge >= 0.3 is 0 Å². The Hall–Kier alpha value is -2.56. The standard InChI is InChI=1S/C13H10N4O/c18-7-12(10-4-2-1-3-5-10)17-9-16-11-6-14-8-15-13(11)17/h1-9,12H. The van der Waals surface area contributed by atoms with Crippen LogP contribution in [0.2, 0.25) is 0 Å². The van der Waals surface area contributed by atoms with Crippen molar-refractivity contribution in [1.82, 2.24) is 19.5 Å². The van der Waals surface area contributed by atoms with Crippen molar-refractivity contribution >= 4 is 17.5 Å². The molecule has 5 heteroatoms. The van der Waals surface area contributed by atoms with Crippen LogP contribution < -0.4 is 0 Å². The van der Waals surface area contributed by atoms with E-state index in [9.17, 15) is 4.79 Å². The monoisotopic (exact) mass is 238 g/mol. The first kappa shape index (κ1) is 10.6. The molecule has 0 saturated heterocycles. The van der Waals surface area contributed by atoms with Crippen LogP contribution in [0.25, 0.3) is 11.2 Å². The van der Waals surface area contributed by atoms with Crippen molar-refractivity contribution in [3.63, 3.8) is 0 Å².